The Morgan fingerprint density at radius 1 is 0.840 bits per heavy atom. The first kappa shape index (κ1) is 19.8. The molecule has 0 atom stereocenters. The molecule has 0 spiro atoms. The van der Waals surface area contributed by atoms with Gasteiger partial charge in [-0.2, -0.15) is 0 Å². The third-order valence-electron chi connectivity index (χ3n) is 4.51. The molecule has 0 aromatic heterocycles. The van der Waals surface area contributed by atoms with E-state index >= 15 is 0 Å². The van der Waals surface area contributed by atoms with E-state index in [1.807, 2.05) is 12.1 Å². The van der Waals surface area contributed by atoms with Crippen LogP contribution in [0.5, 0.6) is 5.75 Å². The zero-order valence-electron chi connectivity index (χ0n) is 15.5. The molecule has 0 unspecified atom stereocenters. The van der Waals surface area contributed by atoms with Crippen LogP contribution in [0.3, 0.4) is 0 Å². The topological polar surface area (TPSA) is 12.5 Å². The molecule has 0 aliphatic carbocycles. The van der Waals surface area contributed by atoms with E-state index in [-0.39, 0.29) is 0 Å². The summed E-state index contributed by atoms with van der Waals surface area (Å²) in [4.78, 5) is 2.47. The number of hydrogen-bond donors (Lipinski definition) is 0. The lowest BCUT2D eigenvalue weighted by atomic mass is 10.1. The zero-order valence-corrected chi connectivity index (χ0v) is 17.1. The van der Waals surface area contributed by atoms with Crippen LogP contribution in [0.1, 0.15) is 51.0 Å². The van der Waals surface area contributed by atoms with Crippen molar-refractivity contribution < 1.29 is 4.74 Å². The van der Waals surface area contributed by atoms with Gasteiger partial charge in [0.05, 0.1) is 7.11 Å². The monoisotopic (exact) mass is 403 g/mol. The molecule has 0 heterocycles. The van der Waals surface area contributed by atoms with Gasteiger partial charge in [-0.3, -0.25) is 0 Å². The molecule has 0 saturated carbocycles. The fraction of sp³-hybridized carbons (Fsp3) is 0.455. The minimum Gasteiger partial charge on any atom is -0.497 e. The molecular formula is C22H30BrNO. The number of halogens is 1. The molecular weight excluding hydrogens is 374 g/mol. The first-order valence-corrected chi connectivity index (χ1v) is 10.2. The Morgan fingerprint density at radius 2 is 1.48 bits per heavy atom. The van der Waals surface area contributed by atoms with Crippen molar-refractivity contribution in [2.24, 2.45) is 0 Å². The molecule has 0 aliphatic rings. The fourth-order valence-electron chi connectivity index (χ4n) is 2.99. The van der Waals surface area contributed by atoms with E-state index in [0.29, 0.717) is 0 Å². The van der Waals surface area contributed by atoms with Gasteiger partial charge in [0.25, 0.3) is 0 Å². The summed E-state index contributed by atoms with van der Waals surface area (Å²) in [6.45, 7) is 4.30. The third-order valence-corrected chi connectivity index (χ3v) is 5.03. The number of rotatable bonds is 11. The summed E-state index contributed by atoms with van der Waals surface area (Å²) in [6.07, 6.45) is 7.94. The van der Waals surface area contributed by atoms with E-state index in [1.54, 1.807) is 7.11 Å². The van der Waals surface area contributed by atoms with Crippen molar-refractivity contribution in [1.82, 2.24) is 0 Å². The van der Waals surface area contributed by atoms with Crippen LogP contribution >= 0.6 is 15.9 Å². The van der Waals surface area contributed by atoms with Crippen molar-refractivity contribution in [1.29, 1.82) is 0 Å². The summed E-state index contributed by atoms with van der Waals surface area (Å²) in [5.41, 5.74) is 2.60. The molecule has 0 bridgehead atoms. The second-order valence-electron chi connectivity index (χ2n) is 6.51. The maximum Gasteiger partial charge on any atom is 0.119 e. The first-order chi connectivity index (χ1) is 12.2. The van der Waals surface area contributed by atoms with E-state index in [2.05, 4.69) is 64.2 Å². The molecule has 0 fully saturated rings. The number of benzene rings is 2. The van der Waals surface area contributed by atoms with Gasteiger partial charge < -0.3 is 9.64 Å². The summed E-state index contributed by atoms with van der Waals surface area (Å²) in [7, 11) is 1.71. The van der Waals surface area contributed by atoms with Crippen molar-refractivity contribution in [2.75, 3.05) is 18.6 Å². The van der Waals surface area contributed by atoms with E-state index < -0.39 is 0 Å². The third kappa shape index (κ3) is 7.11. The predicted molar refractivity (Wildman–Crippen MR) is 112 cm³/mol. The van der Waals surface area contributed by atoms with Gasteiger partial charge in [-0.25, -0.2) is 0 Å². The molecule has 3 heteroatoms. The van der Waals surface area contributed by atoms with Gasteiger partial charge in [0, 0.05) is 23.2 Å². The summed E-state index contributed by atoms with van der Waals surface area (Å²) >= 11 is 3.52. The van der Waals surface area contributed by atoms with Crippen LogP contribution in [0.2, 0.25) is 0 Å². The summed E-state index contributed by atoms with van der Waals surface area (Å²) in [5.74, 6) is 0.909. The first-order valence-electron chi connectivity index (χ1n) is 9.36. The second kappa shape index (κ2) is 11.2. The number of hydrogen-bond acceptors (Lipinski definition) is 2. The number of unbranched alkanes of at least 4 members (excludes halogenated alkanes) is 5. The molecule has 0 N–H and O–H groups in total. The Morgan fingerprint density at radius 3 is 2.12 bits per heavy atom. The predicted octanol–water partition coefficient (Wildman–Crippen LogP) is 6.82. The second-order valence-corrected chi connectivity index (χ2v) is 7.43. The Hall–Kier alpha value is -1.48. The Labute approximate surface area is 161 Å². The van der Waals surface area contributed by atoms with Gasteiger partial charge in [0.1, 0.15) is 5.75 Å². The molecule has 0 amide bonds. The zero-order chi connectivity index (χ0) is 17.9. The van der Waals surface area contributed by atoms with Crippen molar-refractivity contribution in [3.8, 4) is 5.75 Å². The molecule has 2 aromatic rings. The van der Waals surface area contributed by atoms with Gasteiger partial charge in [0.2, 0.25) is 0 Å². The van der Waals surface area contributed by atoms with E-state index in [9.17, 15) is 0 Å². The molecule has 0 radical (unpaired) electrons. The Bertz CT molecular complexity index is 594. The van der Waals surface area contributed by atoms with Gasteiger partial charge in [-0.1, -0.05) is 67.1 Å². The lowest BCUT2D eigenvalue weighted by molar-refractivity contribution is 0.415. The highest BCUT2D eigenvalue weighted by Gasteiger charge is 2.08. The van der Waals surface area contributed by atoms with Gasteiger partial charge >= 0.3 is 0 Å². The van der Waals surface area contributed by atoms with Crippen LogP contribution in [0, 0.1) is 0 Å². The van der Waals surface area contributed by atoms with Crippen LogP contribution in [-0.4, -0.2) is 13.7 Å². The lowest BCUT2D eigenvalue weighted by Crippen LogP contribution is -2.23. The molecule has 2 aromatic carbocycles. The number of anilines is 1. The minimum atomic E-state index is 0.909. The van der Waals surface area contributed by atoms with Crippen LogP contribution in [0.4, 0.5) is 5.69 Å². The normalized spacial score (nSPS) is 10.7. The Balaban J connectivity index is 1.98. The standard InChI is InChI=1S/C22H30BrNO/c1-3-4-5-6-7-8-17-24(18-19-9-11-20(23)12-10-19)21-13-15-22(25-2)16-14-21/h9-16H,3-8,17-18H2,1-2H3. The van der Waals surface area contributed by atoms with Crippen LogP contribution in [-0.2, 0) is 6.54 Å². The van der Waals surface area contributed by atoms with Gasteiger partial charge in [0.15, 0.2) is 0 Å². The van der Waals surface area contributed by atoms with E-state index in [4.69, 9.17) is 4.74 Å². The molecule has 136 valence electrons. The average molecular weight is 404 g/mol. The maximum atomic E-state index is 5.29. The lowest BCUT2D eigenvalue weighted by Gasteiger charge is -2.25. The minimum absolute atomic E-state index is 0.909. The van der Waals surface area contributed by atoms with Crippen LogP contribution in [0.15, 0.2) is 53.0 Å². The van der Waals surface area contributed by atoms with Gasteiger partial charge in [-0.05, 0) is 48.4 Å². The maximum absolute atomic E-state index is 5.29. The molecule has 25 heavy (non-hydrogen) atoms. The highest BCUT2D eigenvalue weighted by molar-refractivity contribution is 9.10. The number of nitrogens with zero attached hydrogens (tertiary/aromatic N) is 1. The van der Waals surface area contributed by atoms with Crippen LogP contribution in [0.25, 0.3) is 0 Å². The highest BCUT2D eigenvalue weighted by atomic mass is 79.9. The van der Waals surface area contributed by atoms with Crippen LogP contribution < -0.4 is 9.64 Å². The summed E-state index contributed by atoms with van der Waals surface area (Å²) in [6, 6.07) is 17.0. The largest absolute Gasteiger partial charge is 0.497 e. The van der Waals surface area contributed by atoms with Crippen molar-refractivity contribution in [2.45, 2.75) is 52.0 Å². The smallest absolute Gasteiger partial charge is 0.119 e. The van der Waals surface area contributed by atoms with Crippen molar-refractivity contribution >= 4 is 21.6 Å². The molecule has 0 aliphatic heterocycles. The molecule has 0 saturated heterocycles. The molecule has 2 rings (SSSR count). The fourth-order valence-corrected chi connectivity index (χ4v) is 3.25. The van der Waals surface area contributed by atoms with E-state index in [0.717, 1.165) is 23.3 Å². The quantitative estimate of drug-likeness (QED) is 0.381. The number of methoxy groups -OCH3 is 1. The summed E-state index contributed by atoms with van der Waals surface area (Å²) < 4.78 is 6.42. The Kier molecular flexibility index (Phi) is 8.89. The number of ether oxygens (including phenoxy) is 1. The highest BCUT2D eigenvalue weighted by Crippen LogP contribution is 2.22. The summed E-state index contributed by atoms with van der Waals surface area (Å²) in [5, 5.41) is 0. The molecule has 2 nitrogen and oxygen atoms in total. The SMILES string of the molecule is CCCCCCCCN(Cc1ccc(Br)cc1)c1ccc(OC)cc1. The average Bonchev–Trinajstić information content (AvgIpc) is 2.65. The van der Waals surface area contributed by atoms with Crippen molar-refractivity contribution in [3.63, 3.8) is 0 Å². The van der Waals surface area contributed by atoms with Crippen molar-refractivity contribution in [3.05, 3.63) is 58.6 Å². The van der Waals surface area contributed by atoms with E-state index in [1.165, 1.54) is 49.8 Å². The van der Waals surface area contributed by atoms with Gasteiger partial charge in [-0.15, -0.1) is 0 Å².